The second kappa shape index (κ2) is 7.93. The van der Waals surface area contributed by atoms with Gasteiger partial charge in [0.05, 0.1) is 11.6 Å². The van der Waals surface area contributed by atoms with Crippen LogP contribution >= 0.6 is 11.3 Å². The number of carbonyl (C=O) groups is 1. The number of thiazole rings is 1. The molecule has 24 heavy (non-hydrogen) atoms. The van der Waals surface area contributed by atoms with Crippen LogP contribution in [0.2, 0.25) is 0 Å². The van der Waals surface area contributed by atoms with Gasteiger partial charge in [-0.05, 0) is 44.9 Å². The molecule has 126 valence electrons. The van der Waals surface area contributed by atoms with Crippen LogP contribution in [0.15, 0.2) is 17.8 Å². The third-order valence-electron chi connectivity index (χ3n) is 3.82. The fourth-order valence-electron chi connectivity index (χ4n) is 2.60. The predicted octanol–water partition coefficient (Wildman–Crippen LogP) is 3.50. The quantitative estimate of drug-likeness (QED) is 0.645. The number of aromatic nitrogens is 2. The molecule has 0 aromatic carbocycles. The van der Waals surface area contributed by atoms with E-state index in [-0.39, 0.29) is 11.5 Å². The van der Waals surface area contributed by atoms with Crippen LogP contribution in [-0.2, 0) is 17.9 Å². The standard InChI is InChI=1S/C18H22N4OS/c1-5-6-22-12(2)7-15(13(22)3)8-16(9-19)18(23)21-11-17-10-20-14(4)24-17/h7-8,10H,5-6,11H2,1-4H3,(H,21,23). The summed E-state index contributed by atoms with van der Waals surface area (Å²) < 4.78 is 2.21. The van der Waals surface area contributed by atoms with E-state index in [0.717, 1.165) is 39.8 Å². The molecule has 6 heteroatoms. The van der Waals surface area contributed by atoms with Gasteiger partial charge in [0.25, 0.3) is 5.91 Å². The van der Waals surface area contributed by atoms with Gasteiger partial charge < -0.3 is 9.88 Å². The molecule has 1 amide bonds. The second-order valence-corrected chi connectivity index (χ2v) is 7.00. The van der Waals surface area contributed by atoms with Gasteiger partial charge in [-0.25, -0.2) is 4.98 Å². The minimum Gasteiger partial charge on any atom is -0.349 e. The molecule has 1 N–H and O–H groups in total. The Bertz CT molecular complexity index is 808. The van der Waals surface area contributed by atoms with Crippen LogP contribution in [0.4, 0.5) is 0 Å². The summed E-state index contributed by atoms with van der Waals surface area (Å²) in [6.45, 7) is 9.43. The number of nitrogens with zero attached hydrogens (tertiary/aromatic N) is 3. The molecule has 2 heterocycles. The summed E-state index contributed by atoms with van der Waals surface area (Å²) in [5.41, 5.74) is 3.25. The van der Waals surface area contributed by atoms with Gasteiger partial charge >= 0.3 is 0 Å². The zero-order valence-corrected chi connectivity index (χ0v) is 15.3. The average molecular weight is 342 g/mol. The van der Waals surface area contributed by atoms with Crippen molar-refractivity contribution in [2.75, 3.05) is 0 Å². The molecular weight excluding hydrogens is 320 g/mol. The van der Waals surface area contributed by atoms with Crippen molar-refractivity contribution in [3.05, 3.63) is 44.7 Å². The number of carbonyl (C=O) groups excluding carboxylic acids is 1. The second-order valence-electron chi connectivity index (χ2n) is 5.68. The minimum absolute atomic E-state index is 0.119. The Morgan fingerprint density at radius 3 is 2.79 bits per heavy atom. The molecule has 2 aromatic rings. The lowest BCUT2D eigenvalue weighted by Crippen LogP contribution is -2.23. The van der Waals surface area contributed by atoms with Gasteiger partial charge in [0.2, 0.25) is 0 Å². The Morgan fingerprint density at radius 1 is 1.46 bits per heavy atom. The van der Waals surface area contributed by atoms with Gasteiger partial charge in [-0.1, -0.05) is 6.92 Å². The molecule has 0 saturated heterocycles. The van der Waals surface area contributed by atoms with Crippen molar-refractivity contribution in [3.63, 3.8) is 0 Å². The molecule has 0 spiro atoms. The fraction of sp³-hybridized carbons (Fsp3) is 0.389. The zero-order valence-electron chi connectivity index (χ0n) is 14.5. The summed E-state index contributed by atoms with van der Waals surface area (Å²) in [7, 11) is 0. The first-order valence-corrected chi connectivity index (χ1v) is 8.76. The normalized spacial score (nSPS) is 11.4. The Hall–Kier alpha value is -2.39. The van der Waals surface area contributed by atoms with Crippen molar-refractivity contribution in [1.82, 2.24) is 14.9 Å². The number of aryl methyl sites for hydroxylation is 2. The SMILES string of the molecule is CCCn1c(C)cc(C=C(C#N)C(=O)NCc2cnc(C)s2)c1C. The highest BCUT2D eigenvalue weighted by atomic mass is 32.1. The monoisotopic (exact) mass is 342 g/mol. The van der Waals surface area contributed by atoms with Gasteiger partial charge in [0.1, 0.15) is 11.6 Å². The highest BCUT2D eigenvalue weighted by molar-refractivity contribution is 7.11. The maximum atomic E-state index is 12.3. The van der Waals surface area contributed by atoms with E-state index in [1.165, 1.54) is 11.3 Å². The lowest BCUT2D eigenvalue weighted by Gasteiger charge is -2.07. The largest absolute Gasteiger partial charge is 0.349 e. The van der Waals surface area contributed by atoms with Crippen molar-refractivity contribution in [2.24, 2.45) is 0 Å². The first-order chi connectivity index (χ1) is 11.5. The number of rotatable bonds is 6. The number of hydrogen-bond donors (Lipinski definition) is 1. The van der Waals surface area contributed by atoms with E-state index in [0.29, 0.717) is 6.54 Å². The van der Waals surface area contributed by atoms with E-state index in [1.807, 2.05) is 32.9 Å². The molecule has 0 unspecified atom stereocenters. The van der Waals surface area contributed by atoms with Crippen LogP contribution in [0.5, 0.6) is 0 Å². The molecule has 2 rings (SSSR count). The van der Waals surface area contributed by atoms with Gasteiger partial charge in [-0.3, -0.25) is 4.79 Å². The van der Waals surface area contributed by atoms with Crippen molar-refractivity contribution in [1.29, 1.82) is 5.26 Å². The van der Waals surface area contributed by atoms with Crippen LogP contribution < -0.4 is 5.32 Å². The molecule has 0 radical (unpaired) electrons. The molecule has 0 atom stereocenters. The van der Waals surface area contributed by atoms with Crippen molar-refractivity contribution >= 4 is 23.3 Å². The van der Waals surface area contributed by atoms with Crippen LogP contribution in [0, 0.1) is 32.1 Å². The van der Waals surface area contributed by atoms with E-state index in [4.69, 9.17) is 0 Å². The molecule has 0 saturated carbocycles. The molecule has 5 nitrogen and oxygen atoms in total. The lowest BCUT2D eigenvalue weighted by molar-refractivity contribution is -0.117. The summed E-state index contributed by atoms with van der Waals surface area (Å²) in [6.07, 6.45) is 4.45. The number of nitriles is 1. The zero-order chi connectivity index (χ0) is 17.7. The maximum absolute atomic E-state index is 12.3. The van der Waals surface area contributed by atoms with E-state index >= 15 is 0 Å². The molecule has 2 aromatic heterocycles. The number of amides is 1. The summed E-state index contributed by atoms with van der Waals surface area (Å²) in [4.78, 5) is 17.4. The summed E-state index contributed by atoms with van der Waals surface area (Å²) in [5.74, 6) is -0.358. The van der Waals surface area contributed by atoms with Crippen molar-refractivity contribution in [3.8, 4) is 6.07 Å². The highest BCUT2D eigenvalue weighted by Crippen LogP contribution is 2.19. The Morgan fingerprint density at radius 2 is 2.21 bits per heavy atom. The van der Waals surface area contributed by atoms with Crippen LogP contribution in [0.1, 0.15) is 40.2 Å². The maximum Gasteiger partial charge on any atom is 0.262 e. The Labute approximate surface area is 146 Å². The summed E-state index contributed by atoms with van der Waals surface area (Å²) in [5, 5.41) is 13.1. The summed E-state index contributed by atoms with van der Waals surface area (Å²) in [6, 6.07) is 4.02. The Balaban J connectivity index is 2.15. The van der Waals surface area contributed by atoms with Gasteiger partial charge in [0, 0.05) is 29.0 Å². The fourth-order valence-corrected chi connectivity index (χ4v) is 3.33. The first kappa shape index (κ1) is 18.0. The van der Waals surface area contributed by atoms with Crippen LogP contribution in [0.25, 0.3) is 6.08 Å². The minimum atomic E-state index is -0.358. The van der Waals surface area contributed by atoms with Gasteiger partial charge in [0.15, 0.2) is 0 Å². The topological polar surface area (TPSA) is 70.7 Å². The molecule has 0 fully saturated rings. The smallest absolute Gasteiger partial charge is 0.262 e. The third-order valence-corrected chi connectivity index (χ3v) is 4.73. The van der Waals surface area contributed by atoms with Gasteiger partial charge in [-0.2, -0.15) is 5.26 Å². The predicted molar refractivity (Wildman–Crippen MR) is 96.5 cm³/mol. The molecule has 0 aliphatic carbocycles. The van der Waals surface area contributed by atoms with Crippen molar-refractivity contribution < 1.29 is 4.79 Å². The van der Waals surface area contributed by atoms with E-state index in [2.05, 4.69) is 21.8 Å². The third kappa shape index (κ3) is 4.12. The molecule has 0 aliphatic rings. The van der Waals surface area contributed by atoms with E-state index in [1.54, 1.807) is 12.3 Å². The van der Waals surface area contributed by atoms with Crippen LogP contribution in [-0.4, -0.2) is 15.5 Å². The molecule has 0 aliphatic heterocycles. The average Bonchev–Trinajstić information content (AvgIpc) is 3.08. The summed E-state index contributed by atoms with van der Waals surface area (Å²) >= 11 is 1.53. The molecular formula is C18H22N4OS. The lowest BCUT2D eigenvalue weighted by atomic mass is 10.1. The Kier molecular flexibility index (Phi) is 5.93. The first-order valence-electron chi connectivity index (χ1n) is 7.94. The highest BCUT2D eigenvalue weighted by Gasteiger charge is 2.13. The van der Waals surface area contributed by atoms with Gasteiger partial charge in [-0.15, -0.1) is 11.3 Å². The number of nitrogens with one attached hydrogen (secondary N) is 1. The van der Waals surface area contributed by atoms with E-state index in [9.17, 15) is 10.1 Å². The molecule has 0 bridgehead atoms. The van der Waals surface area contributed by atoms with Crippen molar-refractivity contribution in [2.45, 2.75) is 47.2 Å². The van der Waals surface area contributed by atoms with Crippen LogP contribution in [0.3, 0.4) is 0 Å². The number of hydrogen-bond acceptors (Lipinski definition) is 4. The van der Waals surface area contributed by atoms with E-state index < -0.39 is 0 Å².